The van der Waals surface area contributed by atoms with Crippen LogP contribution in [-0.4, -0.2) is 73.0 Å². The average Bonchev–Trinajstić information content (AvgIpc) is 2.69. The number of aliphatic hydroxyl groups excluding tert-OH is 1. The van der Waals surface area contributed by atoms with E-state index in [1.165, 1.54) is 13.0 Å². The van der Waals surface area contributed by atoms with E-state index >= 15 is 0 Å². The normalized spacial score (nSPS) is 34.3. The molecule has 0 aromatic carbocycles. The van der Waals surface area contributed by atoms with Crippen LogP contribution < -0.4 is 0 Å². The molecule has 0 spiro atoms. The minimum atomic E-state index is 0.281. The second-order valence-electron chi connectivity index (χ2n) is 6.66. The highest BCUT2D eigenvalue weighted by Crippen LogP contribution is 2.24. The molecule has 4 heteroatoms. The van der Waals surface area contributed by atoms with Crippen LogP contribution in [0.1, 0.15) is 27.2 Å². The van der Waals surface area contributed by atoms with Crippen LogP contribution in [0, 0.1) is 11.8 Å². The van der Waals surface area contributed by atoms with Gasteiger partial charge in [0, 0.05) is 32.2 Å². The van der Waals surface area contributed by atoms with Gasteiger partial charge in [0.2, 0.25) is 0 Å². The lowest BCUT2D eigenvalue weighted by atomic mass is 10.0. The van der Waals surface area contributed by atoms with E-state index < -0.39 is 0 Å². The van der Waals surface area contributed by atoms with Crippen LogP contribution in [0.3, 0.4) is 0 Å². The maximum Gasteiger partial charge on any atom is 0.0829 e. The molecule has 0 aliphatic carbocycles. The van der Waals surface area contributed by atoms with E-state index in [1.807, 2.05) is 0 Å². The Kier molecular flexibility index (Phi) is 5.63. The molecule has 0 bridgehead atoms. The van der Waals surface area contributed by atoms with Crippen LogP contribution in [0.4, 0.5) is 0 Å². The Morgan fingerprint density at radius 3 is 2.79 bits per heavy atom. The van der Waals surface area contributed by atoms with Crippen LogP contribution in [0.15, 0.2) is 0 Å². The van der Waals surface area contributed by atoms with Crippen molar-refractivity contribution in [2.24, 2.45) is 11.8 Å². The van der Waals surface area contributed by atoms with Crippen LogP contribution in [0.2, 0.25) is 0 Å². The molecule has 2 saturated heterocycles. The highest BCUT2D eigenvalue weighted by atomic mass is 16.5. The van der Waals surface area contributed by atoms with Gasteiger partial charge in [-0.15, -0.1) is 0 Å². The van der Waals surface area contributed by atoms with Gasteiger partial charge in [0.25, 0.3) is 0 Å². The molecule has 2 rings (SSSR count). The van der Waals surface area contributed by atoms with Gasteiger partial charge in [-0.25, -0.2) is 0 Å². The third-order valence-corrected chi connectivity index (χ3v) is 4.47. The Morgan fingerprint density at radius 1 is 1.32 bits per heavy atom. The van der Waals surface area contributed by atoms with Gasteiger partial charge in [-0.3, -0.25) is 9.80 Å². The van der Waals surface area contributed by atoms with Gasteiger partial charge >= 0.3 is 0 Å². The molecule has 0 aromatic rings. The van der Waals surface area contributed by atoms with E-state index in [0.717, 1.165) is 38.7 Å². The quantitative estimate of drug-likeness (QED) is 0.810. The number of likely N-dealkylation sites (tertiary alicyclic amines) is 1. The van der Waals surface area contributed by atoms with Gasteiger partial charge in [-0.2, -0.15) is 0 Å². The van der Waals surface area contributed by atoms with Crippen LogP contribution in [-0.2, 0) is 4.74 Å². The Morgan fingerprint density at radius 2 is 2.11 bits per heavy atom. The second-order valence-corrected chi connectivity index (χ2v) is 6.66. The van der Waals surface area contributed by atoms with Crippen molar-refractivity contribution >= 4 is 0 Å². The molecule has 112 valence electrons. The number of hydrogen-bond donors (Lipinski definition) is 1. The van der Waals surface area contributed by atoms with E-state index in [9.17, 15) is 5.11 Å². The maximum absolute atomic E-state index is 9.51. The SMILES string of the molecule is CC(C)CN1CCOC(CN2CCC(C)C2CO)C1. The van der Waals surface area contributed by atoms with Crippen molar-refractivity contribution in [2.75, 3.05) is 45.9 Å². The minimum absolute atomic E-state index is 0.281. The summed E-state index contributed by atoms with van der Waals surface area (Å²) in [5, 5.41) is 9.51. The first-order valence-electron chi connectivity index (χ1n) is 7.79. The van der Waals surface area contributed by atoms with Crippen molar-refractivity contribution in [3.63, 3.8) is 0 Å². The smallest absolute Gasteiger partial charge is 0.0829 e. The van der Waals surface area contributed by atoms with Crippen molar-refractivity contribution in [1.82, 2.24) is 9.80 Å². The molecule has 2 heterocycles. The molecule has 0 saturated carbocycles. The van der Waals surface area contributed by atoms with Gasteiger partial charge in [-0.05, 0) is 24.8 Å². The zero-order chi connectivity index (χ0) is 13.8. The largest absolute Gasteiger partial charge is 0.395 e. The fourth-order valence-corrected chi connectivity index (χ4v) is 3.44. The third-order valence-electron chi connectivity index (χ3n) is 4.47. The van der Waals surface area contributed by atoms with Crippen molar-refractivity contribution in [3.8, 4) is 0 Å². The Hall–Kier alpha value is -0.160. The first kappa shape index (κ1) is 15.2. The molecule has 1 N–H and O–H groups in total. The average molecular weight is 270 g/mol. The highest BCUT2D eigenvalue weighted by molar-refractivity contribution is 4.87. The topological polar surface area (TPSA) is 35.9 Å². The van der Waals surface area contributed by atoms with Gasteiger partial charge in [0.1, 0.15) is 0 Å². The summed E-state index contributed by atoms with van der Waals surface area (Å²) in [4.78, 5) is 4.94. The molecule has 2 aliphatic heterocycles. The maximum atomic E-state index is 9.51. The summed E-state index contributed by atoms with van der Waals surface area (Å²) in [5.74, 6) is 1.33. The van der Waals surface area contributed by atoms with Crippen LogP contribution >= 0.6 is 0 Å². The van der Waals surface area contributed by atoms with Gasteiger partial charge in [-0.1, -0.05) is 20.8 Å². The Labute approximate surface area is 117 Å². The zero-order valence-electron chi connectivity index (χ0n) is 12.7. The lowest BCUT2D eigenvalue weighted by Gasteiger charge is -2.37. The summed E-state index contributed by atoms with van der Waals surface area (Å²) < 4.78 is 5.91. The standard InChI is InChI=1S/C15H30N2O2/c1-12(2)8-16-6-7-19-14(9-16)10-17-5-4-13(3)15(17)11-18/h12-15,18H,4-11H2,1-3H3. The minimum Gasteiger partial charge on any atom is -0.395 e. The first-order chi connectivity index (χ1) is 9.10. The number of rotatable bonds is 5. The molecule has 2 fully saturated rings. The van der Waals surface area contributed by atoms with Crippen LogP contribution in [0.25, 0.3) is 0 Å². The molecule has 3 unspecified atom stereocenters. The summed E-state index contributed by atoms with van der Waals surface area (Å²) in [6.45, 7) is 13.3. The summed E-state index contributed by atoms with van der Waals surface area (Å²) in [5.41, 5.74) is 0. The van der Waals surface area contributed by atoms with Gasteiger partial charge in [0.05, 0.1) is 19.3 Å². The van der Waals surface area contributed by atoms with E-state index in [0.29, 0.717) is 18.1 Å². The molecule has 0 aromatic heterocycles. The molecule has 0 amide bonds. The summed E-state index contributed by atoms with van der Waals surface area (Å²) >= 11 is 0. The monoisotopic (exact) mass is 270 g/mol. The molecule has 0 radical (unpaired) electrons. The number of aliphatic hydroxyl groups is 1. The Bertz CT molecular complexity index is 273. The molecule has 4 nitrogen and oxygen atoms in total. The fraction of sp³-hybridized carbons (Fsp3) is 1.00. The number of ether oxygens (including phenoxy) is 1. The van der Waals surface area contributed by atoms with Crippen molar-refractivity contribution in [2.45, 2.75) is 39.3 Å². The molecular formula is C15H30N2O2. The Balaban J connectivity index is 1.82. The fourth-order valence-electron chi connectivity index (χ4n) is 3.44. The predicted molar refractivity (Wildman–Crippen MR) is 77.2 cm³/mol. The van der Waals surface area contributed by atoms with Gasteiger partial charge < -0.3 is 9.84 Å². The molecule has 19 heavy (non-hydrogen) atoms. The summed E-state index contributed by atoms with van der Waals surface area (Å²) in [6.07, 6.45) is 1.51. The van der Waals surface area contributed by atoms with Gasteiger partial charge in [0.15, 0.2) is 0 Å². The summed E-state index contributed by atoms with van der Waals surface area (Å²) in [6, 6.07) is 0.337. The molecule has 3 atom stereocenters. The third kappa shape index (κ3) is 4.15. The first-order valence-corrected chi connectivity index (χ1v) is 7.79. The number of hydrogen-bond acceptors (Lipinski definition) is 4. The lowest BCUT2D eigenvalue weighted by molar-refractivity contribution is -0.0505. The van der Waals surface area contributed by atoms with E-state index in [1.54, 1.807) is 0 Å². The lowest BCUT2D eigenvalue weighted by Crippen LogP contribution is -2.50. The zero-order valence-corrected chi connectivity index (χ0v) is 12.7. The van der Waals surface area contributed by atoms with Crippen molar-refractivity contribution in [1.29, 1.82) is 0 Å². The van der Waals surface area contributed by atoms with E-state index in [4.69, 9.17) is 4.74 Å². The van der Waals surface area contributed by atoms with Crippen molar-refractivity contribution in [3.05, 3.63) is 0 Å². The molecular weight excluding hydrogens is 240 g/mol. The predicted octanol–water partition coefficient (Wildman–Crippen LogP) is 1.05. The summed E-state index contributed by atoms with van der Waals surface area (Å²) in [7, 11) is 0. The van der Waals surface area contributed by atoms with Crippen molar-refractivity contribution < 1.29 is 9.84 Å². The molecule has 2 aliphatic rings. The van der Waals surface area contributed by atoms with Crippen LogP contribution in [0.5, 0.6) is 0 Å². The second kappa shape index (κ2) is 7.02. The van der Waals surface area contributed by atoms with E-state index in [2.05, 4.69) is 30.6 Å². The highest BCUT2D eigenvalue weighted by Gasteiger charge is 2.33. The number of nitrogens with zero attached hydrogens (tertiary/aromatic N) is 2. The van der Waals surface area contributed by atoms with E-state index in [-0.39, 0.29) is 6.61 Å². The number of morpholine rings is 1.